The molecule has 0 atom stereocenters. The van der Waals surface area contributed by atoms with Gasteiger partial charge >= 0.3 is 5.97 Å². The molecule has 0 spiro atoms. The van der Waals surface area contributed by atoms with Crippen molar-refractivity contribution < 1.29 is 9.53 Å². The molecule has 21 heavy (non-hydrogen) atoms. The lowest BCUT2D eigenvalue weighted by Gasteiger charge is -2.00. The highest BCUT2D eigenvalue weighted by atomic mass is 32.1. The smallest absolute Gasteiger partial charge is 0.312 e. The van der Waals surface area contributed by atoms with Gasteiger partial charge in [-0.25, -0.2) is 9.97 Å². The van der Waals surface area contributed by atoms with E-state index in [1.54, 1.807) is 0 Å². The number of thiazole rings is 1. The zero-order valence-corrected chi connectivity index (χ0v) is 12.7. The molecule has 0 fully saturated rings. The van der Waals surface area contributed by atoms with Crippen molar-refractivity contribution >= 4 is 23.0 Å². The van der Waals surface area contributed by atoms with Crippen molar-refractivity contribution in [1.82, 2.24) is 14.4 Å². The third-order valence-electron chi connectivity index (χ3n) is 3.10. The summed E-state index contributed by atoms with van der Waals surface area (Å²) in [7, 11) is 0. The lowest BCUT2D eigenvalue weighted by Crippen LogP contribution is -2.08. The largest absolute Gasteiger partial charge is 0.459 e. The van der Waals surface area contributed by atoms with Gasteiger partial charge in [-0.1, -0.05) is 6.07 Å². The number of esters is 1. The van der Waals surface area contributed by atoms with E-state index in [0.717, 1.165) is 27.6 Å². The Balaban J connectivity index is 1.63. The number of nitrogens with zero attached hydrogens (tertiary/aromatic N) is 3. The van der Waals surface area contributed by atoms with Crippen LogP contribution in [0.4, 0.5) is 0 Å². The van der Waals surface area contributed by atoms with E-state index < -0.39 is 0 Å². The summed E-state index contributed by atoms with van der Waals surface area (Å²) in [6.45, 7) is 4.10. The molecule has 5 nitrogen and oxygen atoms in total. The SMILES string of the molecule is Cc1nc(CC(=O)OCc2cn3cccc(C)c3n2)cs1. The van der Waals surface area contributed by atoms with Gasteiger partial charge in [0.05, 0.1) is 22.8 Å². The van der Waals surface area contributed by atoms with Gasteiger partial charge in [-0.05, 0) is 25.5 Å². The van der Waals surface area contributed by atoms with Crippen LogP contribution >= 0.6 is 11.3 Å². The number of carbonyl (C=O) groups excluding carboxylic acids is 1. The number of pyridine rings is 1. The van der Waals surface area contributed by atoms with Crippen molar-refractivity contribution in [2.75, 3.05) is 0 Å². The molecule has 0 aliphatic carbocycles. The van der Waals surface area contributed by atoms with Gasteiger partial charge in [0, 0.05) is 17.8 Å². The summed E-state index contributed by atoms with van der Waals surface area (Å²) in [6, 6.07) is 3.97. The van der Waals surface area contributed by atoms with Crippen LogP contribution < -0.4 is 0 Å². The summed E-state index contributed by atoms with van der Waals surface area (Å²) in [5.74, 6) is -0.283. The Morgan fingerprint density at radius 3 is 2.90 bits per heavy atom. The fraction of sp³-hybridized carbons (Fsp3) is 0.267. The van der Waals surface area contributed by atoms with E-state index in [9.17, 15) is 4.79 Å². The summed E-state index contributed by atoms with van der Waals surface area (Å²) in [5.41, 5.74) is 3.48. The number of ether oxygens (including phenoxy) is 1. The topological polar surface area (TPSA) is 56.5 Å². The van der Waals surface area contributed by atoms with Crippen LogP contribution in [0.3, 0.4) is 0 Å². The van der Waals surface area contributed by atoms with Crippen LogP contribution in [0.1, 0.15) is 22.0 Å². The average molecular weight is 301 g/mol. The molecule has 6 heteroatoms. The van der Waals surface area contributed by atoms with Gasteiger partial charge in [0.25, 0.3) is 0 Å². The third-order valence-corrected chi connectivity index (χ3v) is 3.92. The number of hydrogen-bond acceptors (Lipinski definition) is 5. The first-order chi connectivity index (χ1) is 10.1. The molecule has 0 aliphatic rings. The van der Waals surface area contributed by atoms with E-state index >= 15 is 0 Å². The minimum Gasteiger partial charge on any atom is -0.459 e. The Kier molecular flexibility index (Phi) is 3.70. The van der Waals surface area contributed by atoms with Crippen LogP contribution in [-0.4, -0.2) is 20.3 Å². The van der Waals surface area contributed by atoms with Gasteiger partial charge in [-0.2, -0.15) is 0 Å². The Labute approximate surface area is 126 Å². The molecule has 0 aromatic carbocycles. The summed E-state index contributed by atoms with van der Waals surface area (Å²) < 4.78 is 7.19. The molecule has 0 N–H and O–H groups in total. The Bertz CT molecular complexity index is 791. The van der Waals surface area contributed by atoms with E-state index in [2.05, 4.69) is 9.97 Å². The molecule has 0 radical (unpaired) electrons. The van der Waals surface area contributed by atoms with E-state index in [1.807, 2.05) is 48.2 Å². The maximum absolute atomic E-state index is 11.8. The van der Waals surface area contributed by atoms with Gasteiger partial charge in [0.1, 0.15) is 12.3 Å². The lowest BCUT2D eigenvalue weighted by atomic mass is 10.3. The van der Waals surface area contributed by atoms with E-state index in [0.29, 0.717) is 0 Å². The third kappa shape index (κ3) is 3.11. The van der Waals surface area contributed by atoms with Gasteiger partial charge in [-0.3, -0.25) is 4.79 Å². The van der Waals surface area contributed by atoms with E-state index in [1.165, 1.54) is 11.3 Å². The number of aromatic nitrogens is 3. The van der Waals surface area contributed by atoms with Crippen LogP contribution in [0.5, 0.6) is 0 Å². The number of imidazole rings is 1. The van der Waals surface area contributed by atoms with E-state index in [-0.39, 0.29) is 19.0 Å². The number of carbonyl (C=O) groups is 1. The van der Waals surface area contributed by atoms with Crippen molar-refractivity contribution in [3.63, 3.8) is 0 Å². The van der Waals surface area contributed by atoms with Crippen LogP contribution in [0.15, 0.2) is 29.9 Å². The Morgan fingerprint density at radius 2 is 2.19 bits per heavy atom. The summed E-state index contributed by atoms with van der Waals surface area (Å²) in [6.07, 6.45) is 4.01. The molecule has 3 aromatic rings. The van der Waals surface area contributed by atoms with Crippen molar-refractivity contribution in [3.05, 3.63) is 51.9 Å². The Hall–Kier alpha value is -2.21. The summed E-state index contributed by atoms with van der Waals surface area (Å²) in [4.78, 5) is 20.5. The second-order valence-electron chi connectivity index (χ2n) is 4.85. The second kappa shape index (κ2) is 5.65. The van der Waals surface area contributed by atoms with Gasteiger partial charge in [0.15, 0.2) is 0 Å². The normalized spacial score (nSPS) is 11.0. The number of rotatable bonds is 4. The minimum atomic E-state index is -0.283. The van der Waals surface area contributed by atoms with Crippen LogP contribution in [0, 0.1) is 13.8 Å². The highest BCUT2D eigenvalue weighted by Gasteiger charge is 2.10. The Morgan fingerprint density at radius 1 is 1.33 bits per heavy atom. The molecule has 0 amide bonds. The molecule has 0 saturated heterocycles. The van der Waals surface area contributed by atoms with Crippen molar-refractivity contribution in [1.29, 1.82) is 0 Å². The number of hydrogen-bond donors (Lipinski definition) is 0. The maximum Gasteiger partial charge on any atom is 0.312 e. The maximum atomic E-state index is 11.8. The number of fused-ring (bicyclic) bond motifs is 1. The molecule has 0 bridgehead atoms. The van der Waals surface area contributed by atoms with Crippen LogP contribution in [0.2, 0.25) is 0 Å². The average Bonchev–Trinajstić information content (AvgIpc) is 3.03. The highest BCUT2D eigenvalue weighted by molar-refractivity contribution is 7.09. The molecular formula is C15H15N3O2S. The van der Waals surface area contributed by atoms with Gasteiger partial charge in [0.2, 0.25) is 0 Å². The lowest BCUT2D eigenvalue weighted by molar-refractivity contribution is -0.144. The first-order valence-corrected chi connectivity index (χ1v) is 7.49. The standard InChI is InChI=1S/C15H15N3O2S/c1-10-4-3-5-18-7-13(17-15(10)18)8-20-14(19)6-12-9-21-11(2)16-12/h3-5,7,9H,6,8H2,1-2H3. The van der Waals surface area contributed by atoms with E-state index in [4.69, 9.17) is 4.74 Å². The van der Waals surface area contributed by atoms with Gasteiger partial charge < -0.3 is 9.14 Å². The fourth-order valence-electron chi connectivity index (χ4n) is 2.12. The summed E-state index contributed by atoms with van der Waals surface area (Å²) >= 11 is 1.53. The predicted molar refractivity (Wildman–Crippen MR) is 80.3 cm³/mol. The summed E-state index contributed by atoms with van der Waals surface area (Å²) in [5, 5.41) is 2.83. The first kappa shape index (κ1) is 13.8. The first-order valence-electron chi connectivity index (χ1n) is 6.61. The van der Waals surface area contributed by atoms with Crippen LogP contribution in [-0.2, 0) is 22.6 Å². The molecule has 0 saturated carbocycles. The van der Waals surface area contributed by atoms with Crippen LogP contribution in [0.25, 0.3) is 5.65 Å². The molecular weight excluding hydrogens is 286 g/mol. The highest BCUT2D eigenvalue weighted by Crippen LogP contribution is 2.12. The number of aryl methyl sites for hydroxylation is 2. The molecule has 108 valence electrons. The molecule has 3 heterocycles. The zero-order chi connectivity index (χ0) is 14.8. The molecule has 3 rings (SSSR count). The molecule has 3 aromatic heterocycles. The molecule has 0 aliphatic heterocycles. The fourth-order valence-corrected chi connectivity index (χ4v) is 2.73. The van der Waals surface area contributed by atoms with Crippen molar-refractivity contribution in [2.24, 2.45) is 0 Å². The monoisotopic (exact) mass is 301 g/mol. The predicted octanol–water partition coefficient (Wildman–Crippen LogP) is 2.69. The second-order valence-corrected chi connectivity index (χ2v) is 5.91. The quantitative estimate of drug-likeness (QED) is 0.695. The van der Waals surface area contributed by atoms with Crippen molar-refractivity contribution in [2.45, 2.75) is 26.9 Å². The van der Waals surface area contributed by atoms with Gasteiger partial charge in [-0.15, -0.1) is 11.3 Å². The minimum absolute atomic E-state index is 0.184. The zero-order valence-electron chi connectivity index (χ0n) is 11.9. The van der Waals surface area contributed by atoms with Crippen molar-refractivity contribution in [3.8, 4) is 0 Å². The molecule has 0 unspecified atom stereocenters.